The molecule has 15 heavy (non-hydrogen) atoms. The molecule has 0 atom stereocenters. The first-order valence-electron chi connectivity index (χ1n) is 4.17. The van der Waals surface area contributed by atoms with Gasteiger partial charge in [0.2, 0.25) is 0 Å². The quantitative estimate of drug-likeness (QED) is 0.758. The molecule has 76 valence electrons. The van der Waals surface area contributed by atoms with Crippen molar-refractivity contribution in [1.29, 1.82) is 5.26 Å². The molecule has 0 saturated heterocycles. The second kappa shape index (κ2) is 4.82. The number of benzene rings is 1. The summed E-state index contributed by atoms with van der Waals surface area (Å²) < 4.78 is 5.03. The first-order chi connectivity index (χ1) is 7.19. The fourth-order valence-corrected chi connectivity index (χ4v) is 1.16. The molecular weight excluding hydrogens is 194 g/mol. The lowest BCUT2D eigenvalue weighted by molar-refractivity contribution is -0.131. The highest BCUT2D eigenvalue weighted by Gasteiger charge is 2.05. The zero-order valence-corrected chi connectivity index (χ0v) is 8.10. The highest BCUT2D eigenvalue weighted by molar-refractivity contribution is 5.86. The van der Waals surface area contributed by atoms with Crippen LogP contribution in [0.15, 0.2) is 24.3 Å². The Bertz CT molecular complexity index is 444. The molecular formula is C11H9NO3. The second-order valence-corrected chi connectivity index (χ2v) is 2.71. The molecule has 0 aliphatic rings. The van der Waals surface area contributed by atoms with Crippen LogP contribution in [0, 0.1) is 11.3 Å². The molecule has 0 heterocycles. The largest absolute Gasteiger partial charge is 0.495 e. The van der Waals surface area contributed by atoms with Crippen molar-refractivity contribution in [3.05, 3.63) is 35.4 Å². The third kappa shape index (κ3) is 2.58. The summed E-state index contributed by atoms with van der Waals surface area (Å²) >= 11 is 0. The zero-order valence-electron chi connectivity index (χ0n) is 8.10. The van der Waals surface area contributed by atoms with E-state index in [-0.39, 0.29) is 0 Å². The SMILES string of the molecule is COc1c(C#N)cccc1/C=C/C(=O)O. The van der Waals surface area contributed by atoms with Gasteiger partial charge < -0.3 is 9.84 Å². The van der Waals surface area contributed by atoms with Gasteiger partial charge >= 0.3 is 5.97 Å². The van der Waals surface area contributed by atoms with Crippen LogP contribution in [0.2, 0.25) is 0 Å². The van der Waals surface area contributed by atoms with Crippen LogP contribution in [-0.4, -0.2) is 18.2 Å². The Balaban J connectivity index is 3.19. The average Bonchev–Trinajstić information content (AvgIpc) is 2.25. The molecule has 4 nitrogen and oxygen atoms in total. The highest BCUT2D eigenvalue weighted by Crippen LogP contribution is 2.24. The van der Waals surface area contributed by atoms with Crippen molar-refractivity contribution >= 4 is 12.0 Å². The number of aliphatic carboxylic acids is 1. The first-order valence-corrected chi connectivity index (χ1v) is 4.17. The van der Waals surface area contributed by atoms with Crippen LogP contribution in [0.4, 0.5) is 0 Å². The van der Waals surface area contributed by atoms with Gasteiger partial charge in [0, 0.05) is 11.6 Å². The van der Waals surface area contributed by atoms with Crippen LogP contribution >= 0.6 is 0 Å². The van der Waals surface area contributed by atoms with Crippen LogP contribution in [0.25, 0.3) is 6.08 Å². The van der Waals surface area contributed by atoms with Crippen LogP contribution < -0.4 is 4.74 Å². The van der Waals surface area contributed by atoms with Crippen molar-refractivity contribution in [3.8, 4) is 11.8 Å². The summed E-state index contributed by atoms with van der Waals surface area (Å²) in [6, 6.07) is 6.93. The first kappa shape index (κ1) is 10.8. The van der Waals surface area contributed by atoms with Crippen LogP contribution in [0.3, 0.4) is 0 Å². The van der Waals surface area contributed by atoms with E-state index in [4.69, 9.17) is 15.1 Å². The molecule has 0 aliphatic carbocycles. The minimum Gasteiger partial charge on any atom is -0.495 e. The lowest BCUT2D eigenvalue weighted by Gasteiger charge is -2.05. The number of methoxy groups -OCH3 is 1. The van der Waals surface area contributed by atoms with Gasteiger partial charge in [-0.2, -0.15) is 5.26 Å². The van der Waals surface area contributed by atoms with Crippen molar-refractivity contribution in [1.82, 2.24) is 0 Å². The van der Waals surface area contributed by atoms with E-state index < -0.39 is 5.97 Å². The molecule has 0 fully saturated rings. The monoisotopic (exact) mass is 203 g/mol. The summed E-state index contributed by atoms with van der Waals surface area (Å²) in [6.45, 7) is 0. The van der Waals surface area contributed by atoms with Crippen molar-refractivity contribution in [3.63, 3.8) is 0 Å². The van der Waals surface area contributed by atoms with Gasteiger partial charge in [0.05, 0.1) is 12.7 Å². The lowest BCUT2D eigenvalue weighted by Crippen LogP contribution is -1.92. The smallest absolute Gasteiger partial charge is 0.328 e. The van der Waals surface area contributed by atoms with E-state index in [2.05, 4.69) is 0 Å². The molecule has 1 N–H and O–H groups in total. The summed E-state index contributed by atoms with van der Waals surface area (Å²) in [6.07, 6.45) is 2.39. The molecule has 1 aromatic rings. The van der Waals surface area contributed by atoms with Crippen molar-refractivity contribution in [2.24, 2.45) is 0 Å². The van der Waals surface area contributed by atoms with E-state index in [0.29, 0.717) is 16.9 Å². The second-order valence-electron chi connectivity index (χ2n) is 2.71. The van der Waals surface area contributed by atoms with Gasteiger partial charge in [-0.25, -0.2) is 4.79 Å². The Labute approximate surface area is 87.0 Å². The van der Waals surface area contributed by atoms with Crippen LogP contribution in [-0.2, 0) is 4.79 Å². The van der Waals surface area contributed by atoms with E-state index in [1.54, 1.807) is 18.2 Å². The Morgan fingerprint density at radius 1 is 1.60 bits per heavy atom. The average molecular weight is 203 g/mol. The molecule has 0 unspecified atom stereocenters. The number of nitriles is 1. The fraction of sp³-hybridized carbons (Fsp3) is 0.0909. The third-order valence-corrected chi connectivity index (χ3v) is 1.78. The summed E-state index contributed by atoms with van der Waals surface area (Å²) in [5.74, 6) is -0.656. The lowest BCUT2D eigenvalue weighted by atomic mass is 10.1. The molecule has 0 aliphatic heterocycles. The topological polar surface area (TPSA) is 70.3 Å². The molecule has 4 heteroatoms. The molecule has 0 amide bonds. The fourth-order valence-electron chi connectivity index (χ4n) is 1.16. The van der Waals surface area contributed by atoms with E-state index in [0.717, 1.165) is 6.08 Å². The predicted molar refractivity (Wildman–Crippen MR) is 54.4 cm³/mol. The maximum Gasteiger partial charge on any atom is 0.328 e. The normalized spacial score (nSPS) is 9.87. The molecule has 0 bridgehead atoms. The summed E-state index contributed by atoms with van der Waals surface area (Å²) in [4.78, 5) is 10.3. The Morgan fingerprint density at radius 2 is 2.33 bits per heavy atom. The van der Waals surface area contributed by atoms with Crippen molar-refractivity contribution < 1.29 is 14.6 Å². The minimum absolute atomic E-state index is 0.380. The van der Waals surface area contributed by atoms with E-state index in [1.807, 2.05) is 6.07 Å². The number of hydrogen-bond acceptors (Lipinski definition) is 3. The van der Waals surface area contributed by atoms with Gasteiger partial charge in [-0.15, -0.1) is 0 Å². The van der Waals surface area contributed by atoms with E-state index in [9.17, 15) is 4.79 Å². The standard InChI is InChI=1S/C11H9NO3/c1-15-11-8(5-6-10(13)14)3-2-4-9(11)7-12/h2-6H,1H3,(H,13,14)/b6-5+. The number of para-hydroxylation sites is 1. The number of hydrogen-bond donors (Lipinski definition) is 1. The Morgan fingerprint density at radius 3 is 2.87 bits per heavy atom. The predicted octanol–water partition coefficient (Wildman–Crippen LogP) is 1.66. The van der Waals surface area contributed by atoms with Crippen molar-refractivity contribution in [2.45, 2.75) is 0 Å². The molecule has 1 rings (SSSR count). The number of ether oxygens (including phenoxy) is 1. The molecule has 0 aromatic heterocycles. The van der Waals surface area contributed by atoms with Crippen LogP contribution in [0.5, 0.6) is 5.75 Å². The summed E-state index contributed by atoms with van der Waals surface area (Å²) in [7, 11) is 1.44. The van der Waals surface area contributed by atoms with E-state index in [1.165, 1.54) is 13.2 Å². The van der Waals surface area contributed by atoms with Gasteiger partial charge in [0.1, 0.15) is 11.8 Å². The third-order valence-electron chi connectivity index (χ3n) is 1.78. The Kier molecular flexibility index (Phi) is 3.47. The zero-order chi connectivity index (χ0) is 11.3. The number of carbonyl (C=O) groups is 1. The van der Waals surface area contributed by atoms with Gasteiger partial charge in [-0.05, 0) is 12.1 Å². The molecule has 1 aromatic carbocycles. The van der Waals surface area contributed by atoms with Gasteiger partial charge in [-0.3, -0.25) is 0 Å². The van der Waals surface area contributed by atoms with Crippen LogP contribution in [0.1, 0.15) is 11.1 Å². The maximum atomic E-state index is 10.3. The molecule has 0 saturated carbocycles. The van der Waals surface area contributed by atoms with Gasteiger partial charge in [0.25, 0.3) is 0 Å². The number of rotatable bonds is 3. The number of carboxylic acid groups (broad SMARTS) is 1. The number of carboxylic acids is 1. The number of nitrogens with zero attached hydrogens (tertiary/aromatic N) is 1. The van der Waals surface area contributed by atoms with Gasteiger partial charge in [0.15, 0.2) is 0 Å². The van der Waals surface area contributed by atoms with E-state index >= 15 is 0 Å². The maximum absolute atomic E-state index is 10.3. The summed E-state index contributed by atoms with van der Waals surface area (Å²) in [5.41, 5.74) is 0.948. The Hall–Kier alpha value is -2.28. The van der Waals surface area contributed by atoms with Gasteiger partial charge in [-0.1, -0.05) is 12.1 Å². The summed E-state index contributed by atoms with van der Waals surface area (Å²) in [5, 5.41) is 17.3. The minimum atomic E-state index is -1.04. The van der Waals surface area contributed by atoms with Crippen molar-refractivity contribution in [2.75, 3.05) is 7.11 Å². The molecule has 0 spiro atoms. The highest BCUT2D eigenvalue weighted by atomic mass is 16.5. The molecule has 0 radical (unpaired) electrons.